The fourth-order valence-corrected chi connectivity index (χ4v) is 2.92. The van der Waals surface area contributed by atoms with Gasteiger partial charge in [-0.15, -0.1) is 0 Å². The smallest absolute Gasteiger partial charge is 0.0402 e. The van der Waals surface area contributed by atoms with Gasteiger partial charge in [-0.05, 0) is 38.6 Å². The predicted molar refractivity (Wildman–Crippen MR) is 66.2 cm³/mol. The van der Waals surface area contributed by atoms with Crippen LogP contribution in [0.2, 0.25) is 0 Å². The van der Waals surface area contributed by atoms with E-state index in [0.717, 1.165) is 6.54 Å². The highest BCUT2D eigenvalue weighted by Gasteiger charge is 2.43. The molecule has 1 aliphatic carbocycles. The van der Waals surface area contributed by atoms with E-state index in [1.807, 2.05) is 32.6 Å². The first-order valence-electron chi connectivity index (χ1n) is 6.04. The SMILES string of the molecule is CNCC1(C(NC)c2cccnc2)CCC1. The van der Waals surface area contributed by atoms with Gasteiger partial charge in [0.2, 0.25) is 0 Å². The summed E-state index contributed by atoms with van der Waals surface area (Å²) in [6.07, 6.45) is 7.77. The predicted octanol–water partition coefficient (Wildman–Crippen LogP) is 1.73. The Kier molecular flexibility index (Phi) is 3.56. The molecule has 1 unspecified atom stereocenters. The van der Waals surface area contributed by atoms with E-state index in [4.69, 9.17) is 0 Å². The molecule has 16 heavy (non-hydrogen) atoms. The lowest BCUT2D eigenvalue weighted by atomic mass is 9.62. The van der Waals surface area contributed by atoms with E-state index in [0.29, 0.717) is 11.5 Å². The van der Waals surface area contributed by atoms with Crippen molar-refractivity contribution in [1.82, 2.24) is 15.6 Å². The van der Waals surface area contributed by atoms with Crippen molar-refractivity contribution in [3.05, 3.63) is 30.1 Å². The fourth-order valence-electron chi connectivity index (χ4n) is 2.92. The van der Waals surface area contributed by atoms with Crippen molar-refractivity contribution in [2.24, 2.45) is 5.41 Å². The molecule has 2 N–H and O–H groups in total. The van der Waals surface area contributed by atoms with Gasteiger partial charge in [0.15, 0.2) is 0 Å². The summed E-state index contributed by atoms with van der Waals surface area (Å²) in [6.45, 7) is 1.08. The van der Waals surface area contributed by atoms with Gasteiger partial charge in [-0.3, -0.25) is 4.98 Å². The summed E-state index contributed by atoms with van der Waals surface area (Å²) >= 11 is 0. The summed E-state index contributed by atoms with van der Waals surface area (Å²) in [6, 6.07) is 4.61. The molecule has 1 heterocycles. The second kappa shape index (κ2) is 4.93. The second-order valence-corrected chi connectivity index (χ2v) is 4.75. The summed E-state index contributed by atoms with van der Waals surface area (Å²) in [5.74, 6) is 0. The molecule has 1 aliphatic rings. The zero-order valence-corrected chi connectivity index (χ0v) is 10.2. The van der Waals surface area contributed by atoms with Crippen LogP contribution in [0.5, 0.6) is 0 Å². The molecule has 1 atom stereocenters. The molecule has 0 saturated heterocycles. The van der Waals surface area contributed by atoms with Crippen LogP contribution in [-0.4, -0.2) is 25.6 Å². The summed E-state index contributed by atoms with van der Waals surface area (Å²) in [5, 5.41) is 6.80. The minimum absolute atomic E-state index is 0.381. The van der Waals surface area contributed by atoms with E-state index >= 15 is 0 Å². The Labute approximate surface area is 97.7 Å². The maximum atomic E-state index is 4.23. The average Bonchev–Trinajstić information content (AvgIpc) is 2.28. The summed E-state index contributed by atoms with van der Waals surface area (Å²) in [7, 11) is 4.09. The molecular weight excluding hydrogens is 198 g/mol. The molecule has 0 radical (unpaired) electrons. The first-order valence-corrected chi connectivity index (χ1v) is 6.04. The van der Waals surface area contributed by atoms with Gasteiger partial charge in [0.1, 0.15) is 0 Å². The Morgan fingerprint density at radius 2 is 2.25 bits per heavy atom. The third-order valence-electron chi connectivity index (χ3n) is 3.80. The zero-order chi connectivity index (χ0) is 11.4. The van der Waals surface area contributed by atoms with Gasteiger partial charge < -0.3 is 10.6 Å². The van der Waals surface area contributed by atoms with E-state index in [1.54, 1.807) is 0 Å². The first kappa shape index (κ1) is 11.6. The standard InChI is InChI=1S/C13H21N3/c1-14-10-13(6-4-7-13)12(15-2)11-5-3-8-16-9-11/h3,5,8-9,12,14-15H,4,6-7,10H2,1-2H3. The van der Waals surface area contributed by atoms with E-state index in [-0.39, 0.29) is 0 Å². The van der Waals surface area contributed by atoms with E-state index in [1.165, 1.54) is 24.8 Å². The normalized spacial score (nSPS) is 20.1. The van der Waals surface area contributed by atoms with Crippen molar-refractivity contribution in [3.8, 4) is 0 Å². The van der Waals surface area contributed by atoms with Gasteiger partial charge >= 0.3 is 0 Å². The fraction of sp³-hybridized carbons (Fsp3) is 0.615. The van der Waals surface area contributed by atoms with Gasteiger partial charge in [-0.25, -0.2) is 0 Å². The molecule has 1 aromatic heterocycles. The van der Waals surface area contributed by atoms with E-state index in [2.05, 4.69) is 21.7 Å². The quantitative estimate of drug-likeness (QED) is 0.792. The Balaban J connectivity index is 2.21. The van der Waals surface area contributed by atoms with Crippen LogP contribution >= 0.6 is 0 Å². The average molecular weight is 219 g/mol. The lowest BCUT2D eigenvalue weighted by molar-refractivity contribution is 0.0787. The van der Waals surface area contributed by atoms with Crippen LogP contribution < -0.4 is 10.6 Å². The molecule has 1 aromatic rings. The topological polar surface area (TPSA) is 37.0 Å². The molecule has 0 amide bonds. The van der Waals surface area contributed by atoms with Crippen LogP contribution in [0.1, 0.15) is 30.9 Å². The van der Waals surface area contributed by atoms with Crippen LogP contribution in [0, 0.1) is 5.41 Å². The molecule has 88 valence electrons. The minimum Gasteiger partial charge on any atom is -0.319 e. The molecular formula is C13H21N3. The van der Waals surface area contributed by atoms with Crippen molar-refractivity contribution in [1.29, 1.82) is 0 Å². The highest BCUT2D eigenvalue weighted by molar-refractivity contribution is 5.19. The van der Waals surface area contributed by atoms with Crippen LogP contribution in [0.4, 0.5) is 0 Å². The highest BCUT2D eigenvalue weighted by Crippen LogP contribution is 2.49. The van der Waals surface area contributed by atoms with Gasteiger partial charge in [-0.1, -0.05) is 12.5 Å². The molecule has 3 heteroatoms. The Hall–Kier alpha value is -0.930. The zero-order valence-electron chi connectivity index (χ0n) is 10.2. The summed E-state index contributed by atoms with van der Waals surface area (Å²) < 4.78 is 0. The van der Waals surface area contributed by atoms with Gasteiger partial charge in [0, 0.05) is 30.4 Å². The van der Waals surface area contributed by atoms with Crippen LogP contribution in [-0.2, 0) is 0 Å². The van der Waals surface area contributed by atoms with Gasteiger partial charge in [-0.2, -0.15) is 0 Å². The van der Waals surface area contributed by atoms with Gasteiger partial charge in [0.25, 0.3) is 0 Å². The highest BCUT2D eigenvalue weighted by atomic mass is 14.9. The van der Waals surface area contributed by atoms with Crippen molar-refractivity contribution < 1.29 is 0 Å². The van der Waals surface area contributed by atoms with Crippen molar-refractivity contribution in [3.63, 3.8) is 0 Å². The van der Waals surface area contributed by atoms with Crippen LogP contribution in [0.15, 0.2) is 24.5 Å². The summed E-state index contributed by atoms with van der Waals surface area (Å²) in [5.41, 5.74) is 1.69. The van der Waals surface area contributed by atoms with E-state index < -0.39 is 0 Å². The Morgan fingerprint density at radius 1 is 1.44 bits per heavy atom. The number of nitrogens with zero attached hydrogens (tertiary/aromatic N) is 1. The molecule has 0 aliphatic heterocycles. The van der Waals surface area contributed by atoms with Crippen molar-refractivity contribution in [2.45, 2.75) is 25.3 Å². The van der Waals surface area contributed by atoms with Gasteiger partial charge in [0.05, 0.1) is 0 Å². The van der Waals surface area contributed by atoms with Crippen LogP contribution in [0.3, 0.4) is 0 Å². The number of aromatic nitrogens is 1. The Bertz CT molecular complexity index is 319. The molecule has 1 saturated carbocycles. The number of rotatable bonds is 5. The second-order valence-electron chi connectivity index (χ2n) is 4.75. The number of nitrogens with one attached hydrogen (secondary N) is 2. The van der Waals surface area contributed by atoms with E-state index in [9.17, 15) is 0 Å². The molecule has 0 bridgehead atoms. The van der Waals surface area contributed by atoms with Crippen molar-refractivity contribution in [2.75, 3.05) is 20.6 Å². The summed E-state index contributed by atoms with van der Waals surface area (Å²) in [4.78, 5) is 4.23. The number of hydrogen-bond donors (Lipinski definition) is 2. The minimum atomic E-state index is 0.381. The molecule has 2 rings (SSSR count). The van der Waals surface area contributed by atoms with Crippen LogP contribution in [0.25, 0.3) is 0 Å². The maximum absolute atomic E-state index is 4.23. The molecule has 0 spiro atoms. The molecule has 1 fully saturated rings. The molecule has 3 nitrogen and oxygen atoms in total. The lowest BCUT2D eigenvalue weighted by Crippen LogP contribution is -2.48. The maximum Gasteiger partial charge on any atom is 0.0402 e. The monoisotopic (exact) mass is 219 g/mol. The third kappa shape index (κ3) is 1.97. The largest absolute Gasteiger partial charge is 0.319 e. The lowest BCUT2D eigenvalue weighted by Gasteiger charge is -2.48. The number of pyridine rings is 1. The Morgan fingerprint density at radius 3 is 2.69 bits per heavy atom. The van der Waals surface area contributed by atoms with Crippen molar-refractivity contribution >= 4 is 0 Å². The molecule has 0 aromatic carbocycles. The number of hydrogen-bond acceptors (Lipinski definition) is 3. The first-order chi connectivity index (χ1) is 7.82. The third-order valence-corrected chi connectivity index (χ3v) is 3.80.